The summed E-state index contributed by atoms with van der Waals surface area (Å²) in [7, 11) is 0. The fourth-order valence-corrected chi connectivity index (χ4v) is 6.54. The third-order valence-electron chi connectivity index (χ3n) is 8.34. The highest BCUT2D eigenvalue weighted by molar-refractivity contribution is 7.16. The molecule has 0 aliphatic heterocycles. The molecule has 1 amide bonds. The van der Waals surface area contributed by atoms with Gasteiger partial charge in [0.25, 0.3) is 5.91 Å². The third-order valence-corrected chi connectivity index (χ3v) is 9.33. The number of hydrogen-bond donors (Lipinski definition) is 1. The molecule has 264 valence electrons. The maximum Gasteiger partial charge on any atom is 0.255 e. The molecule has 0 radical (unpaired) electrons. The molecule has 9 heteroatoms. The molecule has 0 bridgehead atoms. The van der Waals surface area contributed by atoms with Gasteiger partial charge in [0.05, 0.1) is 17.9 Å². The molecule has 4 rings (SSSR count). The van der Waals surface area contributed by atoms with Gasteiger partial charge in [-0.25, -0.2) is 0 Å². The van der Waals surface area contributed by atoms with Gasteiger partial charge in [0, 0.05) is 48.0 Å². The Morgan fingerprint density at radius 2 is 1.74 bits per heavy atom. The fraction of sp³-hybridized carbons (Fsp3) is 0.415. The van der Waals surface area contributed by atoms with Crippen LogP contribution < -0.4 is 15.0 Å². The van der Waals surface area contributed by atoms with Crippen LogP contribution in [0.1, 0.15) is 87.0 Å². The molecule has 1 heterocycles. The van der Waals surface area contributed by atoms with Crippen LogP contribution in [0.2, 0.25) is 0 Å². The quantitative estimate of drug-likeness (QED) is 0.0733. The van der Waals surface area contributed by atoms with Crippen LogP contribution >= 0.6 is 11.3 Å². The number of benzene rings is 3. The van der Waals surface area contributed by atoms with Gasteiger partial charge in [-0.05, 0) is 81.0 Å². The van der Waals surface area contributed by atoms with Crippen molar-refractivity contribution >= 4 is 39.3 Å². The highest BCUT2D eigenvalue weighted by atomic mass is 32.1. The number of amides is 1. The predicted molar refractivity (Wildman–Crippen MR) is 207 cm³/mol. The summed E-state index contributed by atoms with van der Waals surface area (Å²) in [6.45, 7) is 14.2. The minimum Gasteiger partial charge on any atom is -0.494 e. The minimum absolute atomic E-state index is 0.269. The van der Waals surface area contributed by atoms with Crippen LogP contribution in [0.15, 0.2) is 83.0 Å². The van der Waals surface area contributed by atoms with Gasteiger partial charge in [-0.3, -0.25) is 4.79 Å². The average molecular weight is 694 g/mol. The Hall–Kier alpha value is -4.52. The first-order valence-electron chi connectivity index (χ1n) is 17.9. The number of carbonyl (C=O) groups is 1. The van der Waals surface area contributed by atoms with Crippen LogP contribution in [0.3, 0.4) is 0 Å². The van der Waals surface area contributed by atoms with E-state index < -0.39 is 0 Å². The number of azo groups is 1. The van der Waals surface area contributed by atoms with Crippen molar-refractivity contribution in [3.63, 3.8) is 0 Å². The van der Waals surface area contributed by atoms with Crippen LogP contribution in [0.25, 0.3) is 11.1 Å². The lowest BCUT2D eigenvalue weighted by Crippen LogP contribution is -2.26. The summed E-state index contributed by atoms with van der Waals surface area (Å²) in [6.07, 6.45) is 6.44. The molecular formula is C41H51N5O3S. The van der Waals surface area contributed by atoms with Crippen LogP contribution in [0.5, 0.6) is 5.75 Å². The highest BCUT2D eigenvalue weighted by Gasteiger charge is 2.18. The number of unbranched alkanes of at least 4 members (excludes halogenated alkanes) is 3. The van der Waals surface area contributed by atoms with Gasteiger partial charge in [0.1, 0.15) is 17.5 Å². The van der Waals surface area contributed by atoms with E-state index in [1.165, 1.54) is 24.2 Å². The summed E-state index contributed by atoms with van der Waals surface area (Å²) in [6, 6.07) is 25.4. The van der Waals surface area contributed by atoms with E-state index in [4.69, 9.17) is 9.47 Å². The number of nitriles is 1. The number of nitrogens with zero attached hydrogens (tertiary/aromatic N) is 4. The van der Waals surface area contributed by atoms with Crippen LogP contribution in [0, 0.1) is 24.2 Å². The number of ether oxygens (including phenoxy) is 2. The molecule has 1 aromatic heterocycles. The van der Waals surface area contributed by atoms with Crippen molar-refractivity contribution in [1.29, 1.82) is 5.26 Å². The number of nitrogens with one attached hydrogen (secondary N) is 1. The van der Waals surface area contributed by atoms with Crippen LogP contribution in [0.4, 0.5) is 22.1 Å². The second kappa shape index (κ2) is 20.2. The summed E-state index contributed by atoms with van der Waals surface area (Å²) in [4.78, 5) is 17.1. The van der Waals surface area contributed by atoms with Gasteiger partial charge in [-0.2, -0.15) is 5.26 Å². The molecule has 0 fully saturated rings. The first-order chi connectivity index (χ1) is 24.3. The lowest BCUT2D eigenvalue weighted by Gasteiger charge is -2.26. The monoisotopic (exact) mass is 693 g/mol. The maximum absolute atomic E-state index is 13.7. The Labute approximate surface area is 302 Å². The Kier molecular flexibility index (Phi) is 15.5. The van der Waals surface area contributed by atoms with Crippen molar-refractivity contribution < 1.29 is 14.3 Å². The smallest absolute Gasteiger partial charge is 0.255 e. The van der Waals surface area contributed by atoms with Crippen molar-refractivity contribution in [2.45, 2.75) is 73.1 Å². The fourth-order valence-electron chi connectivity index (χ4n) is 5.60. The van der Waals surface area contributed by atoms with E-state index in [0.717, 1.165) is 60.5 Å². The predicted octanol–water partition coefficient (Wildman–Crippen LogP) is 11.5. The molecule has 0 saturated carbocycles. The topological polar surface area (TPSA) is 99.3 Å². The zero-order chi connectivity index (χ0) is 35.7. The number of hydrogen-bond acceptors (Lipinski definition) is 8. The van der Waals surface area contributed by atoms with Gasteiger partial charge in [0.2, 0.25) is 0 Å². The summed E-state index contributed by atoms with van der Waals surface area (Å²) in [5, 5.41) is 23.0. The lowest BCUT2D eigenvalue weighted by atomic mass is 10.0. The molecule has 8 nitrogen and oxygen atoms in total. The molecule has 1 N–H and O–H groups in total. The van der Waals surface area contributed by atoms with E-state index in [2.05, 4.69) is 47.3 Å². The zero-order valence-electron chi connectivity index (χ0n) is 30.2. The Bertz CT molecular complexity index is 1720. The largest absolute Gasteiger partial charge is 0.494 e. The number of rotatable bonds is 20. The molecule has 4 aromatic rings. The Morgan fingerprint density at radius 1 is 0.940 bits per heavy atom. The van der Waals surface area contributed by atoms with Crippen LogP contribution in [-0.4, -0.2) is 38.8 Å². The highest BCUT2D eigenvalue weighted by Crippen LogP contribution is 2.42. The molecule has 0 atom stereocenters. The summed E-state index contributed by atoms with van der Waals surface area (Å²) < 4.78 is 11.6. The minimum atomic E-state index is -0.269. The lowest BCUT2D eigenvalue weighted by molar-refractivity contribution is 0.102. The van der Waals surface area contributed by atoms with Gasteiger partial charge < -0.3 is 19.7 Å². The van der Waals surface area contributed by atoms with Gasteiger partial charge >= 0.3 is 0 Å². The first-order valence-corrected chi connectivity index (χ1v) is 18.7. The van der Waals surface area contributed by atoms with E-state index in [9.17, 15) is 10.1 Å². The first kappa shape index (κ1) is 38.3. The number of carbonyl (C=O) groups excluding carboxylic acids is 1. The maximum atomic E-state index is 13.7. The zero-order valence-corrected chi connectivity index (χ0v) is 31.0. The standard InChI is InChI=1S/C41H51N5O3S/c1-6-8-9-13-23-46(24-15-25-48-7-2)34-20-21-37(44-45-41-36(29-42)39(31(5)50-41)32-16-11-10-12-17-32)38(28-34)43-40(47)33-18-14-19-35(27-33)49-26-22-30(3)4/h10-12,14,16-21,27-28,30H,6-9,13,15,22-26H2,1-5H3,(H,43,47). The molecule has 0 spiro atoms. The van der Waals surface area contributed by atoms with Crippen LogP contribution in [-0.2, 0) is 4.74 Å². The van der Waals surface area contributed by atoms with E-state index in [1.54, 1.807) is 12.1 Å². The molecule has 3 aromatic carbocycles. The molecule has 0 saturated heterocycles. The average Bonchev–Trinajstić information content (AvgIpc) is 3.45. The van der Waals surface area contributed by atoms with E-state index >= 15 is 0 Å². The third kappa shape index (κ3) is 11.3. The van der Waals surface area contributed by atoms with E-state index in [-0.39, 0.29) is 5.91 Å². The molecular weight excluding hydrogens is 643 g/mol. The Morgan fingerprint density at radius 3 is 2.48 bits per heavy atom. The van der Waals surface area contributed by atoms with Crippen molar-refractivity contribution in [3.8, 4) is 22.9 Å². The second-order valence-corrected chi connectivity index (χ2v) is 13.9. The van der Waals surface area contributed by atoms with Crippen molar-refractivity contribution in [2.75, 3.05) is 43.1 Å². The number of aryl methyl sites for hydroxylation is 1. The van der Waals surface area contributed by atoms with E-state index in [0.29, 0.717) is 59.0 Å². The van der Waals surface area contributed by atoms with E-state index in [1.807, 2.05) is 74.5 Å². The summed E-state index contributed by atoms with van der Waals surface area (Å²) in [5.74, 6) is 0.916. The number of thiophene rings is 1. The van der Waals surface area contributed by atoms with Crippen molar-refractivity contribution in [3.05, 3.63) is 88.8 Å². The molecule has 50 heavy (non-hydrogen) atoms. The van der Waals surface area contributed by atoms with Crippen molar-refractivity contribution in [2.24, 2.45) is 16.1 Å². The van der Waals surface area contributed by atoms with Gasteiger partial charge in [-0.1, -0.05) is 76.4 Å². The molecule has 0 aliphatic rings. The normalized spacial score (nSPS) is 11.2. The summed E-state index contributed by atoms with van der Waals surface area (Å²) in [5.41, 5.74) is 4.86. The Balaban J connectivity index is 1.68. The summed E-state index contributed by atoms with van der Waals surface area (Å²) >= 11 is 1.44. The van der Waals surface area contributed by atoms with Gasteiger partial charge in [0.15, 0.2) is 5.00 Å². The number of anilines is 2. The SMILES string of the molecule is CCCCCCN(CCCOCC)c1ccc(N=Nc2sc(C)c(-c3ccccc3)c2C#N)c(NC(=O)c2cccc(OCCC(C)C)c2)c1. The molecule has 0 aliphatic carbocycles. The second-order valence-electron chi connectivity index (χ2n) is 12.7. The molecule has 0 unspecified atom stereocenters. The van der Waals surface area contributed by atoms with Crippen molar-refractivity contribution in [1.82, 2.24) is 0 Å². The van der Waals surface area contributed by atoms with Gasteiger partial charge in [-0.15, -0.1) is 21.6 Å².